The van der Waals surface area contributed by atoms with Crippen LogP contribution in [0.2, 0.25) is 0 Å². The van der Waals surface area contributed by atoms with Crippen molar-refractivity contribution in [3.8, 4) is 0 Å². The van der Waals surface area contributed by atoms with Gasteiger partial charge >= 0.3 is 0 Å². The van der Waals surface area contributed by atoms with E-state index in [1.165, 1.54) is 37.7 Å². The lowest BCUT2D eigenvalue weighted by atomic mass is 9.84. The summed E-state index contributed by atoms with van der Waals surface area (Å²) in [5.41, 5.74) is 1.38. The number of hydrogen-bond acceptors (Lipinski definition) is 0. The third kappa shape index (κ3) is 2.51. The van der Waals surface area contributed by atoms with E-state index in [0.717, 1.165) is 6.42 Å². The first-order valence-electron chi connectivity index (χ1n) is 5.51. The fourth-order valence-corrected chi connectivity index (χ4v) is 2.75. The quantitative estimate of drug-likeness (QED) is 0.640. The summed E-state index contributed by atoms with van der Waals surface area (Å²) in [6.45, 7) is 0. The lowest BCUT2D eigenvalue weighted by Crippen LogP contribution is -2.27. The molecule has 0 nitrogen and oxygen atoms in total. The van der Waals surface area contributed by atoms with E-state index in [0.29, 0.717) is 0 Å². The summed E-state index contributed by atoms with van der Waals surface area (Å²) in [6.07, 6.45) is 7.37. The van der Waals surface area contributed by atoms with Gasteiger partial charge in [-0.15, -0.1) is 11.6 Å². The molecule has 1 aromatic rings. The van der Waals surface area contributed by atoms with Crippen molar-refractivity contribution in [2.24, 2.45) is 0 Å². The highest BCUT2D eigenvalue weighted by atomic mass is 35.5. The molecule has 0 amide bonds. The summed E-state index contributed by atoms with van der Waals surface area (Å²) >= 11 is 6.61. The van der Waals surface area contributed by atoms with Crippen LogP contribution in [0.1, 0.15) is 37.7 Å². The van der Waals surface area contributed by atoms with Crippen molar-refractivity contribution in [3.05, 3.63) is 35.9 Å². The lowest BCUT2D eigenvalue weighted by Gasteiger charge is -2.31. The lowest BCUT2D eigenvalue weighted by molar-refractivity contribution is 0.387. The van der Waals surface area contributed by atoms with E-state index in [1.807, 2.05) is 0 Å². The van der Waals surface area contributed by atoms with Gasteiger partial charge in [0.25, 0.3) is 0 Å². The molecule has 1 heteroatoms. The van der Waals surface area contributed by atoms with Gasteiger partial charge in [-0.05, 0) is 24.8 Å². The second-order valence-corrected chi connectivity index (χ2v) is 5.18. The minimum Gasteiger partial charge on any atom is -0.119 e. The van der Waals surface area contributed by atoms with Crippen LogP contribution in [0, 0.1) is 0 Å². The average Bonchev–Trinajstić information content (AvgIpc) is 2.19. The van der Waals surface area contributed by atoms with Crippen LogP contribution in [0.15, 0.2) is 30.3 Å². The predicted molar refractivity (Wildman–Crippen MR) is 61.8 cm³/mol. The summed E-state index contributed by atoms with van der Waals surface area (Å²) in [6, 6.07) is 10.6. The Morgan fingerprint density at radius 1 is 1.00 bits per heavy atom. The van der Waals surface area contributed by atoms with Crippen molar-refractivity contribution in [3.63, 3.8) is 0 Å². The van der Waals surface area contributed by atoms with Crippen molar-refractivity contribution < 1.29 is 0 Å². The van der Waals surface area contributed by atoms with Gasteiger partial charge in [0.15, 0.2) is 0 Å². The number of halogens is 1. The molecule has 2 rings (SSSR count). The topological polar surface area (TPSA) is 0 Å². The third-order valence-electron chi connectivity index (χ3n) is 3.11. The summed E-state index contributed by atoms with van der Waals surface area (Å²) in [5.74, 6) is 0. The molecule has 0 aromatic heterocycles. The van der Waals surface area contributed by atoms with Crippen LogP contribution in [0.5, 0.6) is 0 Å². The number of hydrogen-bond donors (Lipinski definition) is 0. The Labute approximate surface area is 91.3 Å². The van der Waals surface area contributed by atoms with Gasteiger partial charge in [0.05, 0.1) is 0 Å². The normalized spacial score (nSPS) is 20.6. The molecule has 14 heavy (non-hydrogen) atoms. The van der Waals surface area contributed by atoms with Crippen LogP contribution in [0.25, 0.3) is 0 Å². The van der Waals surface area contributed by atoms with Crippen LogP contribution in [-0.4, -0.2) is 4.87 Å². The summed E-state index contributed by atoms with van der Waals surface area (Å²) in [4.78, 5) is 0.0552. The highest BCUT2D eigenvalue weighted by molar-refractivity contribution is 6.24. The van der Waals surface area contributed by atoms with E-state index in [2.05, 4.69) is 30.3 Å². The zero-order chi connectivity index (χ0) is 9.86. The van der Waals surface area contributed by atoms with Crippen LogP contribution in [-0.2, 0) is 6.42 Å². The zero-order valence-corrected chi connectivity index (χ0v) is 9.26. The minimum absolute atomic E-state index is 0.0552. The van der Waals surface area contributed by atoms with E-state index in [-0.39, 0.29) is 4.87 Å². The molecule has 0 heterocycles. The van der Waals surface area contributed by atoms with E-state index >= 15 is 0 Å². The molecule has 0 bridgehead atoms. The third-order valence-corrected chi connectivity index (χ3v) is 3.63. The monoisotopic (exact) mass is 208 g/mol. The van der Waals surface area contributed by atoms with Crippen LogP contribution >= 0.6 is 11.6 Å². The molecular formula is C13H17Cl. The fourth-order valence-electron chi connectivity index (χ4n) is 2.32. The molecule has 0 unspecified atom stereocenters. The molecule has 1 aromatic carbocycles. The maximum Gasteiger partial charge on any atom is 0.0487 e. The minimum atomic E-state index is 0.0552. The maximum atomic E-state index is 6.61. The Morgan fingerprint density at radius 3 is 2.29 bits per heavy atom. The molecule has 1 aliphatic carbocycles. The fraction of sp³-hybridized carbons (Fsp3) is 0.538. The molecule has 0 radical (unpaired) electrons. The predicted octanol–water partition coefficient (Wildman–Crippen LogP) is 4.17. The first-order valence-corrected chi connectivity index (χ1v) is 5.89. The van der Waals surface area contributed by atoms with Crippen molar-refractivity contribution in [1.29, 1.82) is 0 Å². The van der Waals surface area contributed by atoms with Crippen LogP contribution < -0.4 is 0 Å². The Morgan fingerprint density at radius 2 is 1.64 bits per heavy atom. The highest BCUT2D eigenvalue weighted by Crippen LogP contribution is 2.36. The first-order chi connectivity index (χ1) is 6.79. The Kier molecular flexibility index (Phi) is 3.12. The second-order valence-electron chi connectivity index (χ2n) is 4.37. The van der Waals surface area contributed by atoms with Gasteiger partial charge in [0.2, 0.25) is 0 Å². The molecule has 0 saturated heterocycles. The molecule has 0 aliphatic heterocycles. The molecule has 1 aliphatic rings. The van der Waals surface area contributed by atoms with Crippen molar-refractivity contribution in [1.82, 2.24) is 0 Å². The van der Waals surface area contributed by atoms with Gasteiger partial charge in [-0.1, -0.05) is 49.6 Å². The van der Waals surface area contributed by atoms with Gasteiger partial charge in [0.1, 0.15) is 0 Å². The van der Waals surface area contributed by atoms with Gasteiger partial charge in [0, 0.05) is 4.87 Å². The van der Waals surface area contributed by atoms with Gasteiger partial charge in [-0.2, -0.15) is 0 Å². The molecule has 0 atom stereocenters. The van der Waals surface area contributed by atoms with E-state index in [9.17, 15) is 0 Å². The number of benzene rings is 1. The van der Waals surface area contributed by atoms with E-state index < -0.39 is 0 Å². The number of rotatable bonds is 2. The Bertz CT molecular complexity index is 273. The van der Waals surface area contributed by atoms with Crippen LogP contribution in [0.3, 0.4) is 0 Å². The average molecular weight is 209 g/mol. The summed E-state index contributed by atoms with van der Waals surface area (Å²) in [5, 5.41) is 0. The number of alkyl halides is 1. The summed E-state index contributed by atoms with van der Waals surface area (Å²) in [7, 11) is 0. The Balaban J connectivity index is 2.02. The molecule has 76 valence electrons. The first kappa shape index (κ1) is 10.0. The van der Waals surface area contributed by atoms with Crippen molar-refractivity contribution in [2.45, 2.75) is 43.4 Å². The van der Waals surface area contributed by atoms with Gasteiger partial charge in [-0.25, -0.2) is 0 Å². The SMILES string of the molecule is ClC1(Cc2ccccc2)CCCCC1. The molecule has 1 saturated carbocycles. The van der Waals surface area contributed by atoms with Gasteiger partial charge < -0.3 is 0 Å². The summed E-state index contributed by atoms with van der Waals surface area (Å²) < 4.78 is 0. The molecule has 0 spiro atoms. The second kappa shape index (κ2) is 4.35. The maximum absolute atomic E-state index is 6.61. The molecule has 1 fully saturated rings. The largest absolute Gasteiger partial charge is 0.119 e. The van der Waals surface area contributed by atoms with Gasteiger partial charge in [-0.3, -0.25) is 0 Å². The molecular weight excluding hydrogens is 192 g/mol. The van der Waals surface area contributed by atoms with Crippen molar-refractivity contribution >= 4 is 11.6 Å². The Hall–Kier alpha value is -0.490. The van der Waals surface area contributed by atoms with E-state index in [1.54, 1.807) is 0 Å². The smallest absolute Gasteiger partial charge is 0.0487 e. The van der Waals surface area contributed by atoms with Crippen LogP contribution in [0.4, 0.5) is 0 Å². The highest BCUT2D eigenvalue weighted by Gasteiger charge is 2.29. The zero-order valence-electron chi connectivity index (χ0n) is 8.51. The van der Waals surface area contributed by atoms with E-state index in [4.69, 9.17) is 11.6 Å². The molecule has 0 N–H and O–H groups in total. The van der Waals surface area contributed by atoms with Crippen molar-refractivity contribution in [2.75, 3.05) is 0 Å². The standard InChI is InChI=1S/C13H17Cl/c14-13(9-5-2-6-10-13)11-12-7-3-1-4-8-12/h1,3-4,7-8H,2,5-6,9-11H2.